The summed E-state index contributed by atoms with van der Waals surface area (Å²) in [5.74, 6) is 1.01. The number of hydrogen-bond donors (Lipinski definition) is 0. The molecule has 0 aromatic heterocycles. The molecule has 0 fully saturated rings. The first-order valence-electron chi connectivity index (χ1n) is 5.83. The molecular weight excluding hydrogens is 303 g/mol. The van der Waals surface area contributed by atoms with Crippen LogP contribution < -0.4 is 4.74 Å². The van der Waals surface area contributed by atoms with Gasteiger partial charge in [0.05, 0.1) is 5.88 Å². The van der Waals surface area contributed by atoms with Crippen LogP contribution >= 0.6 is 34.8 Å². The summed E-state index contributed by atoms with van der Waals surface area (Å²) >= 11 is 18.1. The summed E-state index contributed by atoms with van der Waals surface area (Å²) in [7, 11) is 0. The van der Waals surface area contributed by atoms with E-state index in [4.69, 9.17) is 39.5 Å². The van der Waals surface area contributed by atoms with Gasteiger partial charge < -0.3 is 4.74 Å². The van der Waals surface area contributed by atoms with Crippen molar-refractivity contribution in [1.82, 2.24) is 0 Å². The Kier molecular flexibility index (Phi) is 4.98. The number of alkyl halides is 1. The van der Waals surface area contributed by atoms with Gasteiger partial charge in [0, 0.05) is 21.2 Å². The largest absolute Gasteiger partial charge is 0.488 e. The van der Waals surface area contributed by atoms with Gasteiger partial charge in [0.1, 0.15) is 12.4 Å². The second-order valence-electron chi connectivity index (χ2n) is 4.23. The van der Waals surface area contributed by atoms with E-state index in [1.165, 1.54) is 0 Å². The standard InChI is InChI=1S/C15H13Cl3O/c1-10-5-6-11(14(18)7-10)9-19-15-4-2-3-13(17)12(15)8-16/h2-7H,8-9H2,1H3. The van der Waals surface area contributed by atoms with Gasteiger partial charge in [-0.25, -0.2) is 0 Å². The molecule has 0 aliphatic carbocycles. The van der Waals surface area contributed by atoms with Gasteiger partial charge >= 0.3 is 0 Å². The van der Waals surface area contributed by atoms with Crippen LogP contribution in [0.4, 0.5) is 0 Å². The normalized spacial score (nSPS) is 10.5. The molecule has 0 aliphatic rings. The van der Waals surface area contributed by atoms with Crippen molar-refractivity contribution in [2.24, 2.45) is 0 Å². The first-order chi connectivity index (χ1) is 9.11. The quantitative estimate of drug-likeness (QED) is 0.665. The Balaban J connectivity index is 2.17. The fourth-order valence-corrected chi connectivity index (χ4v) is 2.60. The maximum atomic E-state index is 6.17. The molecule has 0 saturated carbocycles. The van der Waals surface area contributed by atoms with E-state index in [2.05, 4.69) is 0 Å². The monoisotopic (exact) mass is 314 g/mol. The van der Waals surface area contributed by atoms with Crippen LogP contribution in [-0.2, 0) is 12.5 Å². The van der Waals surface area contributed by atoms with Crippen molar-refractivity contribution in [1.29, 1.82) is 0 Å². The third kappa shape index (κ3) is 3.56. The van der Waals surface area contributed by atoms with Crippen molar-refractivity contribution in [3.8, 4) is 5.75 Å². The lowest BCUT2D eigenvalue weighted by Gasteiger charge is -2.12. The van der Waals surface area contributed by atoms with Crippen molar-refractivity contribution >= 4 is 34.8 Å². The summed E-state index contributed by atoms with van der Waals surface area (Å²) in [4.78, 5) is 0. The fraction of sp³-hybridized carbons (Fsp3) is 0.200. The molecule has 1 nitrogen and oxygen atoms in total. The minimum absolute atomic E-state index is 0.316. The topological polar surface area (TPSA) is 9.23 Å². The van der Waals surface area contributed by atoms with Crippen LogP contribution in [0.5, 0.6) is 5.75 Å². The average Bonchev–Trinajstić information content (AvgIpc) is 2.38. The highest BCUT2D eigenvalue weighted by molar-refractivity contribution is 6.32. The van der Waals surface area contributed by atoms with Gasteiger partial charge in [-0.3, -0.25) is 0 Å². The lowest BCUT2D eigenvalue weighted by atomic mass is 10.1. The summed E-state index contributed by atoms with van der Waals surface area (Å²) in [6.07, 6.45) is 0. The summed E-state index contributed by atoms with van der Waals surface area (Å²) in [6.45, 7) is 2.39. The summed E-state index contributed by atoms with van der Waals surface area (Å²) < 4.78 is 5.76. The Morgan fingerprint density at radius 3 is 2.53 bits per heavy atom. The third-order valence-electron chi connectivity index (χ3n) is 2.80. The van der Waals surface area contributed by atoms with Gasteiger partial charge in [0.15, 0.2) is 0 Å². The molecule has 0 radical (unpaired) electrons. The molecule has 2 rings (SSSR count). The minimum Gasteiger partial charge on any atom is -0.488 e. The highest BCUT2D eigenvalue weighted by atomic mass is 35.5. The van der Waals surface area contributed by atoms with Gasteiger partial charge in [-0.2, -0.15) is 0 Å². The molecule has 0 aliphatic heterocycles. The maximum Gasteiger partial charge on any atom is 0.125 e. The summed E-state index contributed by atoms with van der Waals surface area (Å²) in [5, 5.41) is 1.32. The number of halogens is 3. The van der Waals surface area contributed by atoms with E-state index in [0.29, 0.717) is 28.3 Å². The van der Waals surface area contributed by atoms with Crippen molar-refractivity contribution < 1.29 is 4.74 Å². The number of ether oxygens (including phenoxy) is 1. The summed E-state index contributed by atoms with van der Waals surface area (Å²) in [6, 6.07) is 11.4. The maximum absolute atomic E-state index is 6.17. The Bertz CT molecular complexity index is 582. The van der Waals surface area contributed by atoms with E-state index in [0.717, 1.165) is 16.7 Å². The van der Waals surface area contributed by atoms with Crippen LogP contribution in [0.15, 0.2) is 36.4 Å². The fourth-order valence-electron chi connectivity index (χ4n) is 1.73. The van der Waals surface area contributed by atoms with E-state index >= 15 is 0 Å². The van der Waals surface area contributed by atoms with Crippen LogP contribution in [0.25, 0.3) is 0 Å². The third-order valence-corrected chi connectivity index (χ3v) is 3.77. The molecule has 0 unspecified atom stereocenters. The molecule has 100 valence electrons. The molecule has 0 amide bonds. The molecule has 0 N–H and O–H groups in total. The molecule has 4 heteroatoms. The lowest BCUT2D eigenvalue weighted by Crippen LogP contribution is -1.99. The predicted molar refractivity (Wildman–Crippen MR) is 81.5 cm³/mol. The second kappa shape index (κ2) is 6.51. The number of rotatable bonds is 4. The zero-order valence-corrected chi connectivity index (χ0v) is 12.7. The zero-order valence-electron chi connectivity index (χ0n) is 10.4. The minimum atomic E-state index is 0.316. The molecule has 0 atom stereocenters. The highest BCUT2D eigenvalue weighted by Crippen LogP contribution is 2.29. The van der Waals surface area contributed by atoms with E-state index in [1.807, 2.05) is 37.3 Å². The van der Waals surface area contributed by atoms with E-state index in [-0.39, 0.29) is 0 Å². The van der Waals surface area contributed by atoms with Crippen LogP contribution in [-0.4, -0.2) is 0 Å². The number of aryl methyl sites for hydroxylation is 1. The second-order valence-corrected chi connectivity index (χ2v) is 5.32. The van der Waals surface area contributed by atoms with Crippen molar-refractivity contribution in [2.45, 2.75) is 19.4 Å². The smallest absolute Gasteiger partial charge is 0.125 e. The van der Waals surface area contributed by atoms with Gasteiger partial charge in [-0.05, 0) is 30.7 Å². The van der Waals surface area contributed by atoms with E-state index < -0.39 is 0 Å². The van der Waals surface area contributed by atoms with Gasteiger partial charge in [-0.15, -0.1) is 11.6 Å². The first-order valence-corrected chi connectivity index (χ1v) is 7.12. The first kappa shape index (κ1) is 14.5. The van der Waals surface area contributed by atoms with Gasteiger partial charge in [0.25, 0.3) is 0 Å². The van der Waals surface area contributed by atoms with Crippen molar-refractivity contribution in [2.75, 3.05) is 0 Å². The SMILES string of the molecule is Cc1ccc(COc2cccc(Cl)c2CCl)c(Cl)c1. The zero-order chi connectivity index (χ0) is 13.8. The molecular formula is C15H13Cl3O. The van der Waals surface area contributed by atoms with Crippen LogP contribution in [0.1, 0.15) is 16.7 Å². The molecule has 0 saturated heterocycles. The molecule has 2 aromatic carbocycles. The average molecular weight is 316 g/mol. The number of hydrogen-bond acceptors (Lipinski definition) is 1. The van der Waals surface area contributed by atoms with Crippen LogP contribution in [0.2, 0.25) is 10.0 Å². The van der Waals surface area contributed by atoms with Crippen molar-refractivity contribution in [3.05, 3.63) is 63.1 Å². The van der Waals surface area contributed by atoms with Crippen molar-refractivity contribution in [3.63, 3.8) is 0 Å². The molecule has 2 aromatic rings. The molecule has 0 bridgehead atoms. The molecule has 0 spiro atoms. The lowest BCUT2D eigenvalue weighted by molar-refractivity contribution is 0.304. The van der Waals surface area contributed by atoms with Crippen LogP contribution in [0.3, 0.4) is 0 Å². The van der Waals surface area contributed by atoms with E-state index in [1.54, 1.807) is 6.07 Å². The Labute approximate surface area is 128 Å². The Hall–Kier alpha value is -0.890. The van der Waals surface area contributed by atoms with Gasteiger partial charge in [0.2, 0.25) is 0 Å². The predicted octanol–water partition coefficient (Wildman–Crippen LogP) is 5.62. The summed E-state index contributed by atoms with van der Waals surface area (Å²) in [5.41, 5.74) is 2.86. The number of benzene rings is 2. The molecule has 19 heavy (non-hydrogen) atoms. The Morgan fingerprint density at radius 2 is 1.84 bits per heavy atom. The Morgan fingerprint density at radius 1 is 1.05 bits per heavy atom. The molecule has 0 heterocycles. The van der Waals surface area contributed by atoms with Gasteiger partial charge in [-0.1, -0.05) is 41.4 Å². The van der Waals surface area contributed by atoms with Crippen LogP contribution in [0, 0.1) is 6.92 Å². The highest BCUT2D eigenvalue weighted by Gasteiger charge is 2.08. The van der Waals surface area contributed by atoms with E-state index in [9.17, 15) is 0 Å².